The largest absolute Gasteiger partial charge is 0.312 e. The zero-order chi connectivity index (χ0) is 11.4. The summed E-state index contributed by atoms with van der Waals surface area (Å²) in [5.41, 5.74) is 3.74. The molecule has 1 saturated carbocycles. The number of nitrogens with two attached hydrogens (primary N) is 1. The van der Waals surface area contributed by atoms with E-state index in [1.807, 2.05) is 30.3 Å². The van der Waals surface area contributed by atoms with Gasteiger partial charge in [-0.3, -0.25) is 0 Å². The molecule has 2 rings (SSSR count). The number of hydrazine groups is 1. The van der Waals surface area contributed by atoms with E-state index in [9.17, 15) is 0 Å². The first-order valence-corrected chi connectivity index (χ1v) is 5.91. The summed E-state index contributed by atoms with van der Waals surface area (Å²) in [6.45, 7) is 2.27. The lowest BCUT2D eigenvalue weighted by molar-refractivity contribution is 0.518. The number of nitrogens with zero attached hydrogens (tertiary/aromatic N) is 1. The average Bonchev–Trinajstić information content (AvgIpc) is 2.74. The summed E-state index contributed by atoms with van der Waals surface area (Å²) in [6.07, 6.45) is 3.75. The van der Waals surface area contributed by atoms with E-state index in [0.717, 1.165) is 11.5 Å². The zero-order valence-corrected chi connectivity index (χ0v) is 9.69. The van der Waals surface area contributed by atoms with Crippen LogP contribution in [0.1, 0.15) is 26.2 Å². The molecule has 0 saturated heterocycles. The maximum atomic E-state index is 5.58. The smallest absolute Gasteiger partial charge is 0.120 e. The number of amidine groups is 1. The molecule has 0 amide bonds. The number of nitrogens with one attached hydrogen (secondary N) is 1. The van der Waals surface area contributed by atoms with E-state index in [1.54, 1.807) is 0 Å². The Morgan fingerprint density at radius 3 is 2.62 bits per heavy atom. The van der Waals surface area contributed by atoms with Crippen molar-refractivity contribution in [2.24, 2.45) is 22.7 Å². The second-order valence-corrected chi connectivity index (χ2v) is 4.49. The molecule has 3 nitrogen and oxygen atoms in total. The van der Waals surface area contributed by atoms with Crippen LogP contribution in [-0.2, 0) is 0 Å². The molecule has 0 spiro atoms. The Hall–Kier alpha value is -1.35. The lowest BCUT2D eigenvalue weighted by Gasteiger charge is -2.17. The summed E-state index contributed by atoms with van der Waals surface area (Å²) in [7, 11) is 0. The van der Waals surface area contributed by atoms with Crippen LogP contribution in [0.15, 0.2) is 35.3 Å². The molecule has 0 heterocycles. The lowest BCUT2D eigenvalue weighted by Crippen LogP contribution is -2.37. The monoisotopic (exact) mass is 217 g/mol. The highest BCUT2D eigenvalue weighted by molar-refractivity contribution is 5.86. The zero-order valence-electron chi connectivity index (χ0n) is 9.69. The molecule has 1 aromatic carbocycles. The summed E-state index contributed by atoms with van der Waals surface area (Å²) >= 11 is 0. The van der Waals surface area contributed by atoms with Crippen LogP contribution in [0.3, 0.4) is 0 Å². The second kappa shape index (κ2) is 5.12. The summed E-state index contributed by atoms with van der Waals surface area (Å²) in [5.74, 6) is 7.68. The number of rotatable bonds is 2. The normalized spacial score (nSPS) is 25.8. The van der Waals surface area contributed by atoms with Crippen molar-refractivity contribution in [2.45, 2.75) is 26.2 Å². The summed E-state index contributed by atoms with van der Waals surface area (Å²) in [5, 5.41) is 0. The molecule has 2 atom stereocenters. The van der Waals surface area contributed by atoms with Gasteiger partial charge in [0, 0.05) is 5.92 Å². The van der Waals surface area contributed by atoms with Crippen molar-refractivity contribution in [1.82, 2.24) is 5.43 Å². The topological polar surface area (TPSA) is 50.4 Å². The van der Waals surface area contributed by atoms with Crippen molar-refractivity contribution < 1.29 is 0 Å². The molecule has 86 valence electrons. The van der Waals surface area contributed by atoms with Crippen LogP contribution >= 0.6 is 0 Å². The minimum Gasteiger partial charge on any atom is -0.312 e. The maximum absolute atomic E-state index is 5.58. The van der Waals surface area contributed by atoms with E-state index in [0.29, 0.717) is 11.8 Å². The Morgan fingerprint density at radius 1 is 1.31 bits per heavy atom. The van der Waals surface area contributed by atoms with Crippen molar-refractivity contribution in [3.63, 3.8) is 0 Å². The van der Waals surface area contributed by atoms with Crippen LogP contribution in [0, 0.1) is 11.8 Å². The van der Waals surface area contributed by atoms with Crippen LogP contribution in [0.25, 0.3) is 0 Å². The van der Waals surface area contributed by atoms with Gasteiger partial charge in [0.05, 0.1) is 5.69 Å². The third-order valence-electron chi connectivity index (χ3n) is 3.37. The van der Waals surface area contributed by atoms with Gasteiger partial charge in [0.25, 0.3) is 0 Å². The van der Waals surface area contributed by atoms with Gasteiger partial charge in [0.1, 0.15) is 5.84 Å². The van der Waals surface area contributed by atoms with E-state index in [4.69, 9.17) is 5.84 Å². The molecule has 0 aromatic heterocycles. The van der Waals surface area contributed by atoms with E-state index < -0.39 is 0 Å². The van der Waals surface area contributed by atoms with E-state index in [2.05, 4.69) is 17.3 Å². The van der Waals surface area contributed by atoms with Crippen molar-refractivity contribution in [3.8, 4) is 0 Å². The van der Waals surface area contributed by atoms with Crippen LogP contribution in [0.2, 0.25) is 0 Å². The molecule has 1 aromatic rings. The molecule has 1 fully saturated rings. The minimum absolute atomic E-state index is 0.491. The number of hydrogen-bond donors (Lipinski definition) is 2. The fourth-order valence-electron chi connectivity index (χ4n) is 2.42. The number of para-hydroxylation sites is 1. The van der Waals surface area contributed by atoms with Crippen molar-refractivity contribution in [1.29, 1.82) is 0 Å². The molecule has 0 radical (unpaired) electrons. The highest BCUT2D eigenvalue weighted by Crippen LogP contribution is 2.32. The number of aliphatic imine (C=N–C) groups is 1. The van der Waals surface area contributed by atoms with Gasteiger partial charge in [-0.05, 0) is 30.9 Å². The fraction of sp³-hybridized carbons (Fsp3) is 0.462. The summed E-state index contributed by atoms with van der Waals surface area (Å²) < 4.78 is 0. The number of benzene rings is 1. The van der Waals surface area contributed by atoms with Gasteiger partial charge < -0.3 is 5.43 Å². The van der Waals surface area contributed by atoms with Gasteiger partial charge >= 0.3 is 0 Å². The first-order valence-electron chi connectivity index (χ1n) is 5.91. The molecular formula is C13H19N3. The van der Waals surface area contributed by atoms with Gasteiger partial charge in [-0.1, -0.05) is 31.5 Å². The molecule has 2 unspecified atom stereocenters. The van der Waals surface area contributed by atoms with Crippen LogP contribution in [0.5, 0.6) is 0 Å². The Morgan fingerprint density at radius 2 is 2.06 bits per heavy atom. The predicted molar refractivity (Wildman–Crippen MR) is 67.4 cm³/mol. The molecule has 1 aliphatic carbocycles. The first kappa shape index (κ1) is 11.1. The second-order valence-electron chi connectivity index (χ2n) is 4.49. The molecule has 16 heavy (non-hydrogen) atoms. The van der Waals surface area contributed by atoms with Crippen LogP contribution in [-0.4, -0.2) is 5.84 Å². The fourth-order valence-corrected chi connectivity index (χ4v) is 2.42. The van der Waals surface area contributed by atoms with Gasteiger partial charge in [0.15, 0.2) is 0 Å². The first-order chi connectivity index (χ1) is 7.81. The Bertz CT molecular complexity index is 359. The molecule has 0 aliphatic heterocycles. The standard InChI is InChI=1S/C13H19N3/c1-10-6-5-9-12(10)13(16-14)15-11-7-3-2-4-8-11/h2-4,7-8,10,12H,5-6,9,14H2,1H3,(H,15,16). The number of hydrogen-bond acceptors (Lipinski definition) is 2. The SMILES string of the molecule is CC1CCCC1C(=Nc1ccccc1)NN. The minimum atomic E-state index is 0.491. The summed E-state index contributed by atoms with van der Waals surface area (Å²) in [6, 6.07) is 9.97. The molecular weight excluding hydrogens is 198 g/mol. The van der Waals surface area contributed by atoms with Gasteiger partial charge in [-0.15, -0.1) is 0 Å². The third-order valence-corrected chi connectivity index (χ3v) is 3.37. The maximum Gasteiger partial charge on any atom is 0.120 e. The van der Waals surface area contributed by atoms with Crippen molar-refractivity contribution in [2.75, 3.05) is 0 Å². The Labute approximate surface area is 96.7 Å². The van der Waals surface area contributed by atoms with Crippen LogP contribution < -0.4 is 11.3 Å². The van der Waals surface area contributed by atoms with Gasteiger partial charge in [0.2, 0.25) is 0 Å². The molecule has 0 bridgehead atoms. The van der Waals surface area contributed by atoms with Crippen LogP contribution in [0.4, 0.5) is 5.69 Å². The Kier molecular flexibility index (Phi) is 3.57. The third kappa shape index (κ3) is 2.42. The molecule has 3 N–H and O–H groups in total. The van der Waals surface area contributed by atoms with Gasteiger partial charge in [-0.25, -0.2) is 10.8 Å². The molecule has 1 aliphatic rings. The summed E-state index contributed by atoms with van der Waals surface area (Å²) in [4.78, 5) is 4.59. The predicted octanol–water partition coefficient (Wildman–Crippen LogP) is 2.62. The van der Waals surface area contributed by atoms with Crippen molar-refractivity contribution >= 4 is 11.5 Å². The molecule has 3 heteroatoms. The average molecular weight is 217 g/mol. The van der Waals surface area contributed by atoms with E-state index in [1.165, 1.54) is 19.3 Å². The van der Waals surface area contributed by atoms with Crippen molar-refractivity contribution in [3.05, 3.63) is 30.3 Å². The van der Waals surface area contributed by atoms with E-state index in [-0.39, 0.29) is 0 Å². The quantitative estimate of drug-likeness (QED) is 0.346. The van der Waals surface area contributed by atoms with E-state index >= 15 is 0 Å². The Balaban J connectivity index is 2.19. The highest BCUT2D eigenvalue weighted by atomic mass is 15.3. The van der Waals surface area contributed by atoms with Gasteiger partial charge in [-0.2, -0.15) is 0 Å². The lowest BCUT2D eigenvalue weighted by atomic mass is 9.97. The highest BCUT2D eigenvalue weighted by Gasteiger charge is 2.27.